The van der Waals surface area contributed by atoms with Gasteiger partial charge in [-0.1, -0.05) is 66.2 Å². The lowest BCUT2D eigenvalue weighted by molar-refractivity contribution is -0.118. The van der Waals surface area contributed by atoms with Crippen LogP contribution in [-0.2, 0) is 21.4 Å². The Labute approximate surface area is 190 Å². The Balaban J connectivity index is 1.72. The second-order valence-corrected chi connectivity index (χ2v) is 9.21. The summed E-state index contributed by atoms with van der Waals surface area (Å²) in [4.78, 5) is 12.9. The fourth-order valence-electron chi connectivity index (χ4n) is 3.31. The highest BCUT2D eigenvalue weighted by molar-refractivity contribution is 7.89. The summed E-state index contributed by atoms with van der Waals surface area (Å²) >= 11 is 5.94. The molecule has 1 aliphatic heterocycles. The molecule has 9 heteroatoms. The molecular weight excluding hydrogens is 450 g/mol. The third-order valence-electron chi connectivity index (χ3n) is 4.80. The average molecular weight is 468 g/mol. The molecule has 7 nitrogen and oxygen atoms in total. The third-order valence-corrected chi connectivity index (χ3v) is 6.84. The van der Waals surface area contributed by atoms with Crippen molar-refractivity contribution in [2.75, 3.05) is 0 Å². The smallest absolute Gasteiger partial charge is 0.292 e. The molecule has 162 valence electrons. The Kier molecular flexibility index (Phi) is 5.98. The number of aliphatic hydroxyl groups excluding tert-OH is 1. The predicted molar refractivity (Wildman–Crippen MR) is 122 cm³/mol. The first kappa shape index (κ1) is 21.6. The molecule has 0 saturated carbocycles. The van der Waals surface area contributed by atoms with E-state index >= 15 is 0 Å². The van der Waals surface area contributed by atoms with E-state index in [-0.39, 0.29) is 17.0 Å². The van der Waals surface area contributed by atoms with Crippen LogP contribution in [0.4, 0.5) is 0 Å². The molecule has 2 N–H and O–H groups in total. The number of nitrogens with one attached hydrogen (secondary N) is 1. The van der Waals surface area contributed by atoms with E-state index in [1.165, 1.54) is 18.3 Å². The van der Waals surface area contributed by atoms with E-state index in [9.17, 15) is 18.3 Å². The largest absolute Gasteiger partial charge is 0.505 e. The lowest BCUT2D eigenvalue weighted by Gasteiger charge is -2.31. The zero-order valence-electron chi connectivity index (χ0n) is 16.6. The van der Waals surface area contributed by atoms with Crippen LogP contribution in [0, 0.1) is 0 Å². The van der Waals surface area contributed by atoms with Gasteiger partial charge in [-0.3, -0.25) is 9.10 Å². The van der Waals surface area contributed by atoms with Gasteiger partial charge in [0.2, 0.25) is 0 Å². The molecule has 0 bridgehead atoms. The molecule has 0 unspecified atom stereocenters. The van der Waals surface area contributed by atoms with Crippen LogP contribution in [0.1, 0.15) is 16.7 Å². The fourth-order valence-corrected chi connectivity index (χ4v) is 5.17. The summed E-state index contributed by atoms with van der Waals surface area (Å²) in [6.45, 7) is -0.137. The summed E-state index contributed by atoms with van der Waals surface area (Å²) < 4.78 is 27.6. The minimum absolute atomic E-state index is 0.0563. The first-order valence-corrected chi connectivity index (χ1v) is 11.4. The minimum Gasteiger partial charge on any atom is -0.505 e. The molecular formula is C23H18ClN3O4S. The maximum atomic E-state index is 13.3. The average Bonchev–Trinajstić information content (AvgIpc) is 2.78. The van der Waals surface area contributed by atoms with Gasteiger partial charge in [0.1, 0.15) is 0 Å². The van der Waals surface area contributed by atoms with Crippen LogP contribution < -0.4 is 5.43 Å². The Morgan fingerprint density at radius 2 is 1.75 bits per heavy atom. The monoisotopic (exact) mass is 467 g/mol. The van der Waals surface area contributed by atoms with Crippen molar-refractivity contribution in [3.63, 3.8) is 0 Å². The van der Waals surface area contributed by atoms with Crippen molar-refractivity contribution in [3.05, 3.63) is 106 Å². The molecule has 32 heavy (non-hydrogen) atoms. The molecule has 0 aromatic heterocycles. The Hall–Kier alpha value is -3.62. The van der Waals surface area contributed by atoms with Gasteiger partial charge in [0.05, 0.1) is 17.7 Å². The summed E-state index contributed by atoms with van der Waals surface area (Å²) in [5, 5.41) is 15.3. The lowest BCUT2D eigenvalue weighted by Crippen LogP contribution is -2.40. The number of benzene rings is 3. The van der Waals surface area contributed by atoms with Gasteiger partial charge < -0.3 is 5.11 Å². The number of carbonyl (C=O) groups is 1. The van der Waals surface area contributed by atoms with Crippen LogP contribution in [0.3, 0.4) is 0 Å². The number of hydrazone groups is 1. The molecule has 0 aliphatic carbocycles. The number of sulfonamides is 1. The second-order valence-electron chi connectivity index (χ2n) is 6.94. The molecule has 3 aromatic carbocycles. The number of rotatable bonds is 5. The molecule has 0 radical (unpaired) electrons. The minimum atomic E-state index is -4.11. The molecule has 0 atom stereocenters. The lowest BCUT2D eigenvalue weighted by atomic mass is 10.1. The number of fused-ring (bicyclic) bond motifs is 1. The van der Waals surface area contributed by atoms with Crippen LogP contribution in [0.25, 0.3) is 5.76 Å². The SMILES string of the molecule is O=C(N/N=C/c1cccc(Cl)c1)C1=C(O)c2ccccc2S(=O)(=O)N1Cc1ccccc1. The Bertz CT molecular complexity index is 1340. The number of hydrogen-bond acceptors (Lipinski definition) is 5. The van der Waals surface area contributed by atoms with Gasteiger partial charge in [0.25, 0.3) is 15.9 Å². The number of amides is 1. The molecule has 1 aliphatic rings. The zero-order chi connectivity index (χ0) is 22.7. The summed E-state index contributed by atoms with van der Waals surface area (Å²) in [6, 6.07) is 21.6. The Morgan fingerprint density at radius 1 is 1.03 bits per heavy atom. The normalized spacial score (nSPS) is 15.0. The van der Waals surface area contributed by atoms with Gasteiger partial charge >= 0.3 is 0 Å². The first-order valence-electron chi connectivity index (χ1n) is 9.56. The zero-order valence-corrected chi connectivity index (χ0v) is 18.2. The van der Waals surface area contributed by atoms with Gasteiger partial charge in [-0.25, -0.2) is 13.8 Å². The van der Waals surface area contributed by atoms with Gasteiger partial charge in [-0.05, 0) is 35.4 Å². The van der Waals surface area contributed by atoms with E-state index in [0.717, 1.165) is 4.31 Å². The van der Waals surface area contributed by atoms with E-state index in [0.29, 0.717) is 16.1 Å². The van der Waals surface area contributed by atoms with Crippen LogP contribution in [0.15, 0.2) is 94.6 Å². The fraction of sp³-hybridized carbons (Fsp3) is 0.0435. The van der Waals surface area contributed by atoms with Crippen molar-refractivity contribution >= 4 is 39.5 Å². The molecule has 0 fully saturated rings. The van der Waals surface area contributed by atoms with Gasteiger partial charge in [0, 0.05) is 10.6 Å². The van der Waals surface area contributed by atoms with E-state index in [4.69, 9.17) is 11.6 Å². The quantitative estimate of drug-likeness (QED) is 0.438. The van der Waals surface area contributed by atoms with Crippen LogP contribution in [0.2, 0.25) is 5.02 Å². The number of carbonyl (C=O) groups excluding carboxylic acids is 1. The van der Waals surface area contributed by atoms with Crippen LogP contribution in [0.5, 0.6) is 0 Å². The van der Waals surface area contributed by atoms with Crippen molar-refractivity contribution < 1.29 is 18.3 Å². The van der Waals surface area contributed by atoms with Crippen LogP contribution in [-0.4, -0.2) is 30.0 Å². The number of hydrogen-bond donors (Lipinski definition) is 2. The highest BCUT2D eigenvalue weighted by Gasteiger charge is 2.40. The number of halogens is 1. The molecule has 0 saturated heterocycles. The molecule has 0 spiro atoms. The highest BCUT2D eigenvalue weighted by Crippen LogP contribution is 2.36. The summed E-state index contributed by atoms with van der Waals surface area (Å²) in [5.41, 5.74) is 3.23. The third kappa shape index (κ3) is 4.23. The maximum Gasteiger partial charge on any atom is 0.292 e. The van der Waals surface area contributed by atoms with E-state index in [1.807, 2.05) is 0 Å². The summed E-state index contributed by atoms with van der Waals surface area (Å²) in [7, 11) is -4.11. The van der Waals surface area contributed by atoms with Crippen molar-refractivity contribution in [3.8, 4) is 0 Å². The highest BCUT2D eigenvalue weighted by atomic mass is 35.5. The molecule has 1 amide bonds. The van der Waals surface area contributed by atoms with Crippen molar-refractivity contribution in [2.45, 2.75) is 11.4 Å². The Morgan fingerprint density at radius 3 is 2.50 bits per heavy atom. The molecule has 4 rings (SSSR count). The maximum absolute atomic E-state index is 13.3. The second kappa shape index (κ2) is 8.86. The summed E-state index contributed by atoms with van der Waals surface area (Å²) in [6.07, 6.45) is 1.37. The number of aliphatic hydroxyl groups is 1. The topological polar surface area (TPSA) is 99.1 Å². The van der Waals surface area contributed by atoms with Gasteiger partial charge in [-0.2, -0.15) is 5.10 Å². The van der Waals surface area contributed by atoms with Crippen LogP contribution >= 0.6 is 11.6 Å². The van der Waals surface area contributed by atoms with Crippen molar-refractivity contribution in [1.82, 2.24) is 9.73 Å². The first-order chi connectivity index (χ1) is 15.4. The predicted octanol–water partition coefficient (Wildman–Crippen LogP) is 3.92. The van der Waals surface area contributed by atoms with Gasteiger partial charge in [-0.15, -0.1) is 0 Å². The summed E-state index contributed by atoms with van der Waals surface area (Å²) in [5.74, 6) is -1.31. The van der Waals surface area contributed by atoms with Gasteiger partial charge in [0.15, 0.2) is 11.5 Å². The molecule has 3 aromatic rings. The van der Waals surface area contributed by atoms with E-state index < -0.39 is 27.4 Å². The van der Waals surface area contributed by atoms with E-state index in [2.05, 4.69) is 10.5 Å². The van der Waals surface area contributed by atoms with E-state index in [1.54, 1.807) is 66.7 Å². The van der Waals surface area contributed by atoms with Crippen molar-refractivity contribution in [2.24, 2.45) is 5.10 Å². The van der Waals surface area contributed by atoms with Crippen molar-refractivity contribution in [1.29, 1.82) is 0 Å². The number of nitrogens with zero attached hydrogens (tertiary/aromatic N) is 2. The molecule has 1 heterocycles. The standard InChI is InChI=1S/C23H18ClN3O4S/c24-18-10-6-9-17(13-18)14-25-26-23(29)21-22(28)19-11-4-5-12-20(19)32(30,31)27(21)15-16-7-2-1-3-8-16/h1-14,28H,15H2,(H,26,29)/b25-14+.